The highest BCUT2D eigenvalue weighted by Crippen LogP contribution is 2.25. The monoisotopic (exact) mass is 304 g/mol. The van der Waals surface area contributed by atoms with E-state index in [9.17, 15) is 0 Å². The van der Waals surface area contributed by atoms with Gasteiger partial charge in [-0.25, -0.2) is 4.98 Å². The largest absolute Gasteiger partial charge is 0.356 e. The van der Waals surface area contributed by atoms with Crippen LogP contribution in [-0.4, -0.2) is 42.1 Å². The van der Waals surface area contributed by atoms with Gasteiger partial charge >= 0.3 is 0 Å². The zero-order valence-electron chi connectivity index (χ0n) is 12.3. The van der Waals surface area contributed by atoms with Crippen LogP contribution in [0.1, 0.15) is 37.7 Å². The average molecular weight is 305 g/mol. The Morgan fingerprint density at radius 3 is 2.48 bits per heavy atom. The van der Waals surface area contributed by atoms with Crippen molar-refractivity contribution in [1.29, 1.82) is 5.26 Å². The van der Waals surface area contributed by atoms with Gasteiger partial charge in [0.25, 0.3) is 0 Å². The molecule has 3 heterocycles. The smallest absolute Gasteiger partial charge is 0.132 e. The first-order valence-corrected chi connectivity index (χ1v) is 8.21. The number of aromatic nitrogens is 1. The SMILES string of the molecule is N#Cc1cc(Cl)nc(N2CCC(N3CCCCC3)CC2)c1. The molecule has 0 aliphatic carbocycles. The van der Waals surface area contributed by atoms with Crippen molar-refractivity contribution in [2.45, 2.75) is 38.1 Å². The van der Waals surface area contributed by atoms with Gasteiger partial charge < -0.3 is 9.80 Å². The molecule has 3 rings (SSSR count). The number of nitrogens with zero attached hydrogens (tertiary/aromatic N) is 4. The quantitative estimate of drug-likeness (QED) is 0.788. The van der Waals surface area contributed by atoms with Crippen molar-refractivity contribution in [2.75, 3.05) is 31.1 Å². The summed E-state index contributed by atoms with van der Waals surface area (Å²) in [5.74, 6) is 0.844. The normalized spacial score (nSPS) is 21.2. The molecule has 1 aromatic rings. The third kappa shape index (κ3) is 3.48. The van der Waals surface area contributed by atoms with E-state index in [1.54, 1.807) is 6.07 Å². The minimum Gasteiger partial charge on any atom is -0.356 e. The van der Waals surface area contributed by atoms with Crippen LogP contribution in [0.3, 0.4) is 0 Å². The molecule has 0 unspecified atom stereocenters. The Morgan fingerprint density at radius 2 is 1.81 bits per heavy atom. The fourth-order valence-corrected chi connectivity index (χ4v) is 3.66. The molecule has 0 radical (unpaired) electrons. The second kappa shape index (κ2) is 6.64. The summed E-state index contributed by atoms with van der Waals surface area (Å²) in [6.07, 6.45) is 6.44. The number of hydrogen-bond donors (Lipinski definition) is 0. The Morgan fingerprint density at radius 1 is 1.10 bits per heavy atom. The summed E-state index contributed by atoms with van der Waals surface area (Å²) >= 11 is 6.00. The van der Waals surface area contributed by atoms with Crippen LogP contribution in [0, 0.1) is 11.3 Å². The molecule has 0 N–H and O–H groups in total. The topological polar surface area (TPSA) is 43.2 Å². The highest BCUT2D eigenvalue weighted by atomic mass is 35.5. The van der Waals surface area contributed by atoms with Crippen molar-refractivity contribution in [3.05, 3.63) is 22.8 Å². The minimum absolute atomic E-state index is 0.405. The Balaban J connectivity index is 1.63. The Bertz CT molecular complexity index is 526. The van der Waals surface area contributed by atoms with E-state index < -0.39 is 0 Å². The number of rotatable bonds is 2. The zero-order chi connectivity index (χ0) is 14.7. The van der Waals surface area contributed by atoms with Crippen molar-refractivity contribution in [3.63, 3.8) is 0 Å². The number of halogens is 1. The van der Waals surface area contributed by atoms with Gasteiger partial charge in [0.2, 0.25) is 0 Å². The van der Waals surface area contributed by atoms with E-state index in [4.69, 9.17) is 16.9 Å². The minimum atomic E-state index is 0.405. The molecular weight excluding hydrogens is 284 g/mol. The first-order valence-electron chi connectivity index (χ1n) is 7.83. The summed E-state index contributed by atoms with van der Waals surface area (Å²) in [5, 5.41) is 9.44. The number of likely N-dealkylation sites (tertiary alicyclic amines) is 1. The van der Waals surface area contributed by atoms with Crippen LogP contribution in [0.25, 0.3) is 0 Å². The number of hydrogen-bond acceptors (Lipinski definition) is 4. The molecule has 0 aromatic carbocycles. The highest BCUT2D eigenvalue weighted by molar-refractivity contribution is 6.29. The van der Waals surface area contributed by atoms with E-state index >= 15 is 0 Å². The predicted molar refractivity (Wildman–Crippen MR) is 84.6 cm³/mol. The Hall–Kier alpha value is -1.31. The number of anilines is 1. The van der Waals surface area contributed by atoms with Crippen molar-refractivity contribution in [2.24, 2.45) is 0 Å². The average Bonchev–Trinajstić information content (AvgIpc) is 2.55. The van der Waals surface area contributed by atoms with E-state index in [1.165, 1.54) is 45.2 Å². The van der Waals surface area contributed by atoms with Gasteiger partial charge in [-0.15, -0.1) is 0 Å². The van der Waals surface area contributed by atoms with E-state index in [1.807, 2.05) is 6.07 Å². The summed E-state index contributed by atoms with van der Waals surface area (Å²) in [4.78, 5) is 9.29. The standard InChI is InChI=1S/C16H21ClN4/c17-15-10-13(12-18)11-16(19-15)21-8-4-14(5-9-21)20-6-2-1-3-7-20/h10-11,14H,1-9H2. The molecule has 0 bridgehead atoms. The maximum atomic E-state index is 9.04. The molecule has 21 heavy (non-hydrogen) atoms. The maximum absolute atomic E-state index is 9.04. The lowest BCUT2D eigenvalue weighted by Gasteiger charge is -2.40. The van der Waals surface area contributed by atoms with E-state index in [2.05, 4.69) is 20.9 Å². The lowest BCUT2D eigenvalue weighted by molar-refractivity contribution is 0.141. The van der Waals surface area contributed by atoms with Crippen LogP contribution < -0.4 is 4.90 Å². The molecule has 2 saturated heterocycles. The van der Waals surface area contributed by atoms with E-state index in [-0.39, 0.29) is 0 Å². The molecule has 0 spiro atoms. The number of nitriles is 1. The number of pyridine rings is 1. The molecule has 112 valence electrons. The van der Waals surface area contributed by atoms with E-state index in [0.29, 0.717) is 10.7 Å². The van der Waals surface area contributed by atoms with Gasteiger partial charge in [0.1, 0.15) is 11.0 Å². The maximum Gasteiger partial charge on any atom is 0.132 e. The van der Waals surface area contributed by atoms with Crippen LogP contribution in [0.15, 0.2) is 12.1 Å². The van der Waals surface area contributed by atoms with Crippen LogP contribution in [0.5, 0.6) is 0 Å². The van der Waals surface area contributed by atoms with Crippen LogP contribution >= 0.6 is 11.6 Å². The fourth-order valence-electron chi connectivity index (χ4n) is 3.45. The summed E-state index contributed by atoms with van der Waals surface area (Å²) in [7, 11) is 0. The lowest BCUT2D eigenvalue weighted by atomic mass is 10.00. The van der Waals surface area contributed by atoms with Crippen LogP contribution in [0.2, 0.25) is 5.15 Å². The third-order valence-electron chi connectivity index (χ3n) is 4.61. The first-order chi connectivity index (χ1) is 10.3. The molecule has 4 nitrogen and oxygen atoms in total. The van der Waals surface area contributed by atoms with Crippen molar-refractivity contribution >= 4 is 17.4 Å². The summed E-state index contributed by atoms with van der Waals surface area (Å²) in [6, 6.07) is 6.32. The van der Waals surface area contributed by atoms with Gasteiger partial charge in [0, 0.05) is 19.1 Å². The van der Waals surface area contributed by atoms with Crippen molar-refractivity contribution < 1.29 is 0 Å². The molecule has 2 fully saturated rings. The second-order valence-corrected chi connectivity index (χ2v) is 6.35. The molecule has 0 saturated carbocycles. The first kappa shape index (κ1) is 14.6. The predicted octanol–water partition coefficient (Wildman–Crippen LogP) is 3.06. The lowest BCUT2D eigenvalue weighted by Crippen LogP contribution is -2.46. The molecule has 0 atom stereocenters. The van der Waals surface area contributed by atoms with Crippen LogP contribution in [-0.2, 0) is 0 Å². The summed E-state index contributed by atoms with van der Waals surface area (Å²) in [6.45, 7) is 4.52. The second-order valence-electron chi connectivity index (χ2n) is 5.96. The molecule has 5 heteroatoms. The Labute approximate surface area is 131 Å². The van der Waals surface area contributed by atoms with Gasteiger partial charge in [-0.3, -0.25) is 0 Å². The third-order valence-corrected chi connectivity index (χ3v) is 4.80. The van der Waals surface area contributed by atoms with Crippen molar-refractivity contribution in [3.8, 4) is 6.07 Å². The van der Waals surface area contributed by atoms with E-state index in [0.717, 1.165) is 24.9 Å². The molecular formula is C16H21ClN4. The summed E-state index contributed by atoms with van der Waals surface area (Å²) < 4.78 is 0. The molecule has 0 amide bonds. The van der Waals surface area contributed by atoms with Crippen LogP contribution in [0.4, 0.5) is 5.82 Å². The molecule has 1 aromatic heterocycles. The molecule has 2 aliphatic heterocycles. The van der Waals surface area contributed by atoms with Crippen molar-refractivity contribution in [1.82, 2.24) is 9.88 Å². The fraction of sp³-hybridized carbons (Fsp3) is 0.625. The highest BCUT2D eigenvalue weighted by Gasteiger charge is 2.26. The van der Waals surface area contributed by atoms with Gasteiger partial charge in [-0.05, 0) is 50.9 Å². The van der Waals surface area contributed by atoms with Gasteiger partial charge in [0.15, 0.2) is 0 Å². The van der Waals surface area contributed by atoms with Gasteiger partial charge in [0.05, 0.1) is 11.6 Å². The summed E-state index contributed by atoms with van der Waals surface area (Å²) in [5.41, 5.74) is 0.586. The Kier molecular flexibility index (Phi) is 4.62. The molecule has 2 aliphatic rings. The van der Waals surface area contributed by atoms with Gasteiger partial charge in [-0.1, -0.05) is 18.0 Å². The number of piperidine rings is 2. The van der Waals surface area contributed by atoms with Gasteiger partial charge in [-0.2, -0.15) is 5.26 Å². The zero-order valence-corrected chi connectivity index (χ0v) is 13.0.